The highest BCUT2D eigenvalue weighted by molar-refractivity contribution is 5.76. The van der Waals surface area contributed by atoms with Crippen molar-refractivity contribution in [2.75, 3.05) is 39.3 Å². The molecule has 1 aliphatic heterocycles. The Bertz CT molecular complexity index is 738. The van der Waals surface area contributed by atoms with Crippen molar-refractivity contribution in [2.45, 2.75) is 6.54 Å². The third-order valence-electron chi connectivity index (χ3n) is 4.99. The molecule has 3 rings (SSSR count). The van der Waals surface area contributed by atoms with Crippen LogP contribution in [0.15, 0.2) is 60.7 Å². The molecule has 1 heterocycles. The molecule has 1 fully saturated rings. The van der Waals surface area contributed by atoms with Gasteiger partial charge in [-0.3, -0.25) is 4.79 Å². The standard InChI is InChI=1S/C22H26FN3O/c23-21-10-8-20(9-11-21)17-24-22(27)18-26-15-13-25(14-16-26)12-4-7-19-5-2-1-3-6-19/h1-11H,12-18H2,(H,24,27)/p+2/b7-4+. The van der Waals surface area contributed by atoms with Crippen LogP contribution in [-0.2, 0) is 11.3 Å². The number of carbonyl (C=O) groups excluding carboxylic acids is 1. The van der Waals surface area contributed by atoms with Crippen molar-refractivity contribution in [3.63, 3.8) is 0 Å². The van der Waals surface area contributed by atoms with E-state index in [4.69, 9.17) is 0 Å². The van der Waals surface area contributed by atoms with E-state index in [9.17, 15) is 9.18 Å². The molecule has 1 amide bonds. The molecular weight excluding hydrogens is 341 g/mol. The molecule has 0 spiro atoms. The number of nitrogens with one attached hydrogen (secondary N) is 3. The lowest BCUT2D eigenvalue weighted by Gasteiger charge is -2.28. The monoisotopic (exact) mass is 369 g/mol. The lowest BCUT2D eigenvalue weighted by atomic mass is 10.2. The molecule has 0 bridgehead atoms. The average Bonchev–Trinajstić information content (AvgIpc) is 2.70. The fourth-order valence-electron chi connectivity index (χ4n) is 3.36. The van der Waals surface area contributed by atoms with Crippen molar-refractivity contribution < 1.29 is 19.0 Å². The van der Waals surface area contributed by atoms with Gasteiger partial charge in [0.25, 0.3) is 5.91 Å². The van der Waals surface area contributed by atoms with Gasteiger partial charge in [0, 0.05) is 6.54 Å². The van der Waals surface area contributed by atoms with Gasteiger partial charge in [-0.05, 0) is 29.3 Å². The van der Waals surface area contributed by atoms with Gasteiger partial charge in [-0.15, -0.1) is 0 Å². The highest BCUT2D eigenvalue weighted by Crippen LogP contribution is 2.01. The minimum atomic E-state index is -0.256. The van der Waals surface area contributed by atoms with Crippen LogP contribution in [0.25, 0.3) is 6.08 Å². The van der Waals surface area contributed by atoms with Gasteiger partial charge in [-0.25, -0.2) is 4.39 Å². The Kier molecular flexibility index (Phi) is 7.13. The smallest absolute Gasteiger partial charge is 0.275 e. The second kappa shape index (κ2) is 10.00. The minimum absolute atomic E-state index is 0.0572. The SMILES string of the molecule is O=C(C[NH+]1CC[NH+](C/C=C/c2ccccc2)CC1)NCc1ccc(F)cc1. The van der Waals surface area contributed by atoms with Gasteiger partial charge in [0.2, 0.25) is 0 Å². The van der Waals surface area contributed by atoms with E-state index in [2.05, 4.69) is 41.7 Å². The Balaban J connectivity index is 1.33. The topological polar surface area (TPSA) is 38.0 Å². The second-order valence-corrected chi connectivity index (χ2v) is 7.10. The molecule has 0 aliphatic carbocycles. The summed E-state index contributed by atoms with van der Waals surface area (Å²) in [6, 6.07) is 16.6. The highest BCUT2D eigenvalue weighted by Gasteiger charge is 2.23. The molecule has 3 N–H and O–H groups in total. The number of rotatable bonds is 7. The summed E-state index contributed by atoms with van der Waals surface area (Å²) in [5.41, 5.74) is 2.15. The molecule has 4 nitrogen and oxygen atoms in total. The first-order valence-electron chi connectivity index (χ1n) is 9.59. The van der Waals surface area contributed by atoms with Gasteiger partial charge in [-0.2, -0.15) is 0 Å². The molecule has 1 saturated heterocycles. The van der Waals surface area contributed by atoms with Crippen LogP contribution in [0.5, 0.6) is 0 Å². The zero-order valence-corrected chi connectivity index (χ0v) is 15.6. The normalized spacial score (nSPS) is 19.9. The van der Waals surface area contributed by atoms with Gasteiger partial charge in [0.15, 0.2) is 6.54 Å². The van der Waals surface area contributed by atoms with E-state index in [0.29, 0.717) is 13.1 Å². The summed E-state index contributed by atoms with van der Waals surface area (Å²) in [5, 5.41) is 2.93. The maximum absolute atomic E-state index is 12.9. The molecule has 0 saturated carbocycles. The number of amides is 1. The fraction of sp³-hybridized carbons (Fsp3) is 0.318. The Morgan fingerprint density at radius 2 is 1.63 bits per heavy atom. The zero-order valence-electron chi connectivity index (χ0n) is 15.6. The molecule has 2 aromatic carbocycles. The first-order valence-corrected chi connectivity index (χ1v) is 9.59. The predicted molar refractivity (Wildman–Crippen MR) is 105 cm³/mol. The quantitative estimate of drug-likeness (QED) is 0.629. The van der Waals surface area contributed by atoms with E-state index in [1.807, 2.05) is 6.07 Å². The van der Waals surface area contributed by atoms with E-state index in [1.165, 1.54) is 22.6 Å². The van der Waals surface area contributed by atoms with E-state index in [-0.39, 0.29) is 11.7 Å². The summed E-state index contributed by atoms with van der Waals surface area (Å²) in [6.45, 7) is 6.18. The van der Waals surface area contributed by atoms with Crippen molar-refractivity contribution in [2.24, 2.45) is 0 Å². The van der Waals surface area contributed by atoms with Crippen LogP contribution in [0.4, 0.5) is 4.39 Å². The van der Waals surface area contributed by atoms with Crippen molar-refractivity contribution in [1.29, 1.82) is 0 Å². The summed E-state index contributed by atoms with van der Waals surface area (Å²) < 4.78 is 12.9. The van der Waals surface area contributed by atoms with Crippen LogP contribution in [-0.4, -0.2) is 45.2 Å². The van der Waals surface area contributed by atoms with Crippen LogP contribution in [0.3, 0.4) is 0 Å². The van der Waals surface area contributed by atoms with Crippen molar-refractivity contribution in [1.82, 2.24) is 5.32 Å². The number of hydrogen-bond acceptors (Lipinski definition) is 1. The number of quaternary nitrogens is 2. The third-order valence-corrected chi connectivity index (χ3v) is 4.99. The largest absolute Gasteiger partial charge is 0.347 e. The Labute approximate surface area is 160 Å². The van der Waals surface area contributed by atoms with Crippen LogP contribution < -0.4 is 15.1 Å². The predicted octanol–water partition coefficient (Wildman–Crippen LogP) is -0.0613. The lowest BCUT2D eigenvalue weighted by Crippen LogP contribution is -3.28. The van der Waals surface area contributed by atoms with E-state index < -0.39 is 0 Å². The van der Waals surface area contributed by atoms with Gasteiger partial charge >= 0.3 is 0 Å². The minimum Gasteiger partial charge on any atom is -0.347 e. The van der Waals surface area contributed by atoms with Crippen LogP contribution in [0.1, 0.15) is 11.1 Å². The van der Waals surface area contributed by atoms with Crippen LogP contribution in [0, 0.1) is 5.82 Å². The summed E-state index contributed by atoms with van der Waals surface area (Å²) in [7, 11) is 0. The zero-order chi connectivity index (χ0) is 18.9. The molecule has 142 valence electrons. The summed E-state index contributed by atoms with van der Waals surface area (Å²) in [5.74, 6) is -0.199. The Morgan fingerprint density at radius 1 is 0.963 bits per heavy atom. The Hall–Kier alpha value is -2.50. The molecule has 0 aromatic heterocycles. The number of hydrogen-bond donors (Lipinski definition) is 3. The van der Waals surface area contributed by atoms with E-state index >= 15 is 0 Å². The number of carbonyl (C=O) groups is 1. The molecule has 5 heteroatoms. The second-order valence-electron chi connectivity index (χ2n) is 7.10. The summed E-state index contributed by atoms with van der Waals surface area (Å²) in [4.78, 5) is 15.0. The highest BCUT2D eigenvalue weighted by atomic mass is 19.1. The maximum atomic E-state index is 12.9. The Morgan fingerprint density at radius 3 is 2.33 bits per heavy atom. The number of benzene rings is 2. The van der Waals surface area contributed by atoms with Gasteiger partial charge < -0.3 is 15.1 Å². The average molecular weight is 369 g/mol. The molecule has 1 aliphatic rings. The molecule has 2 aromatic rings. The molecule has 0 atom stereocenters. The van der Waals surface area contributed by atoms with Crippen LogP contribution in [0.2, 0.25) is 0 Å². The van der Waals surface area contributed by atoms with Crippen molar-refractivity contribution in [3.05, 3.63) is 77.6 Å². The fourth-order valence-corrected chi connectivity index (χ4v) is 3.36. The van der Waals surface area contributed by atoms with Gasteiger partial charge in [-0.1, -0.05) is 48.5 Å². The third kappa shape index (κ3) is 6.62. The van der Waals surface area contributed by atoms with Crippen molar-refractivity contribution in [3.8, 4) is 0 Å². The van der Waals surface area contributed by atoms with E-state index in [1.54, 1.807) is 17.0 Å². The maximum Gasteiger partial charge on any atom is 0.275 e. The molecule has 0 radical (unpaired) electrons. The molecule has 27 heavy (non-hydrogen) atoms. The molecule has 0 unspecified atom stereocenters. The lowest BCUT2D eigenvalue weighted by molar-refractivity contribution is -1.01. The number of halogens is 1. The van der Waals surface area contributed by atoms with Gasteiger partial charge in [0.05, 0.1) is 6.54 Å². The van der Waals surface area contributed by atoms with Crippen molar-refractivity contribution >= 4 is 12.0 Å². The molecular formula is C22H28FN3O+2. The first-order chi connectivity index (χ1) is 13.2. The number of piperazine rings is 1. The van der Waals surface area contributed by atoms with Gasteiger partial charge in [0.1, 0.15) is 32.0 Å². The first kappa shape index (κ1) is 19.3. The van der Waals surface area contributed by atoms with E-state index in [0.717, 1.165) is 38.3 Å². The van der Waals surface area contributed by atoms with Crippen LogP contribution >= 0.6 is 0 Å². The summed E-state index contributed by atoms with van der Waals surface area (Å²) >= 11 is 0. The summed E-state index contributed by atoms with van der Waals surface area (Å²) in [6.07, 6.45) is 4.42.